The average molecular weight is 607 g/mol. The van der Waals surface area contributed by atoms with Crippen LogP contribution in [0.2, 0.25) is 0 Å². The highest BCUT2D eigenvalue weighted by Gasteiger charge is 2.02. The lowest BCUT2D eigenvalue weighted by molar-refractivity contribution is -0.249. The van der Waals surface area contributed by atoms with Crippen LogP contribution in [0.5, 0.6) is 34.5 Å². The first kappa shape index (κ1) is 33.5. The summed E-state index contributed by atoms with van der Waals surface area (Å²) in [5.74, 6) is 3.66. The van der Waals surface area contributed by atoms with E-state index in [9.17, 15) is 4.79 Å². The van der Waals surface area contributed by atoms with Crippen molar-refractivity contribution in [3.8, 4) is 34.5 Å². The lowest BCUT2D eigenvalue weighted by atomic mass is 10.3. The van der Waals surface area contributed by atoms with Crippen LogP contribution in [0.25, 0.3) is 0 Å². The van der Waals surface area contributed by atoms with E-state index >= 15 is 0 Å². The Morgan fingerprint density at radius 2 is 0.932 bits per heavy atom. The van der Waals surface area contributed by atoms with Crippen LogP contribution in [-0.2, 0) is 19.3 Å². The maximum atomic E-state index is 11.0. The minimum Gasteiger partial charge on any atom is -0.494 e. The van der Waals surface area contributed by atoms with E-state index in [0.29, 0.717) is 49.4 Å². The summed E-state index contributed by atoms with van der Waals surface area (Å²) in [7, 11) is 0. The van der Waals surface area contributed by atoms with Crippen molar-refractivity contribution in [3.05, 3.63) is 104 Å². The van der Waals surface area contributed by atoms with Crippen molar-refractivity contribution in [1.82, 2.24) is 0 Å². The van der Waals surface area contributed by atoms with Gasteiger partial charge >= 0.3 is 5.97 Å². The van der Waals surface area contributed by atoms with Gasteiger partial charge in [0.1, 0.15) is 34.5 Å². The molecule has 234 valence electrons. The minimum absolute atomic E-state index is 0.0456. The molecule has 0 heterocycles. The number of hydrogen-bond acceptors (Lipinski definition) is 10. The number of rotatable bonds is 23. The van der Waals surface area contributed by atoms with Crippen LogP contribution in [0, 0.1) is 0 Å². The molecule has 0 bridgehead atoms. The van der Waals surface area contributed by atoms with Gasteiger partial charge in [0.15, 0.2) is 6.26 Å². The van der Waals surface area contributed by atoms with Gasteiger partial charge < -0.3 is 38.0 Å². The summed E-state index contributed by atoms with van der Waals surface area (Å²) in [5, 5.41) is 0. The highest BCUT2D eigenvalue weighted by Crippen LogP contribution is 2.21. The van der Waals surface area contributed by atoms with Crippen molar-refractivity contribution in [2.75, 3.05) is 40.0 Å². The maximum Gasteiger partial charge on any atom is 0.330 e. The fourth-order valence-electron chi connectivity index (χ4n) is 3.42. The highest BCUT2D eigenvalue weighted by atomic mass is 17.2. The zero-order chi connectivity index (χ0) is 31.1. The smallest absolute Gasteiger partial charge is 0.330 e. The lowest BCUT2D eigenvalue weighted by Crippen LogP contribution is -2.07. The van der Waals surface area contributed by atoms with E-state index in [4.69, 9.17) is 42.9 Å². The number of carbonyl (C=O) groups excluding carboxylic acids is 1. The number of ether oxygens (including phenoxy) is 7. The molecule has 10 heteroatoms. The Morgan fingerprint density at radius 1 is 0.568 bits per heavy atom. The topological polar surface area (TPSA) is 100 Å². The molecule has 0 atom stereocenters. The van der Waals surface area contributed by atoms with Gasteiger partial charge in [-0.15, -0.1) is 0 Å². The van der Waals surface area contributed by atoms with E-state index in [0.717, 1.165) is 43.3 Å². The Kier molecular flexibility index (Phi) is 15.8. The number of unbranched alkanes of at least 4 members (excludes halogenated alkanes) is 2. The first-order valence-corrected chi connectivity index (χ1v) is 14.1. The lowest BCUT2D eigenvalue weighted by Gasteiger charge is -2.11. The Labute approximate surface area is 257 Å². The van der Waals surface area contributed by atoms with Crippen LogP contribution >= 0.6 is 0 Å². The number of benzene rings is 3. The standard InChI is InChI=1S/C34H38O10/c1-3-21-43-44-25-8-7-23-37-29-11-15-31(16-12-29)40-27-42-33-19-17-32(18-20-33)41-26-39-30-13-9-28(10-14-30)36-22-5-6-24-38-34(35)4-2/h4,9-21H,1-2,5-8,22-27H2. The molecule has 0 amide bonds. The van der Waals surface area contributed by atoms with E-state index in [1.54, 1.807) is 36.4 Å². The third-order valence-electron chi connectivity index (χ3n) is 5.68. The minimum atomic E-state index is -0.414. The summed E-state index contributed by atoms with van der Waals surface area (Å²) in [6.45, 7) is 8.73. The average Bonchev–Trinajstić information content (AvgIpc) is 3.06. The van der Waals surface area contributed by atoms with E-state index < -0.39 is 5.97 Å². The van der Waals surface area contributed by atoms with Crippen LogP contribution in [0.15, 0.2) is 104 Å². The number of carbonyl (C=O) groups is 1. The molecular formula is C34H38O10. The third-order valence-corrected chi connectivity index (χ3v) is 5.68. The number of hydrogen-bond donors (Lipinski definition) is 0. The van der Waals surface area contributed by atoms with Gasteiger partial charge in [-0.1, -0.05) is 18.9 Å². The van der Waals surface area contributed by atoms with E-state index in [1.165, 1.54) is 6.26 Å². The maximum absolute atomic E-state index is 11.0. The Balaban J connectivity index is 1.23. The van der Waals surface area contributed by atoms with Gasteiger partial charge in [0, 0.05) is 6.08 Å². The predicted octanol–water partition coefficient (Wildman–Crippen LogP) is 6.81. The molecule has 0 aliphatic rings. The molecule has 0 aromatic heterocycles. The molecule has 0 spiro atoms. The molecule has 0 fully saturated rings. The predicted molar refractivity (Wildman–Crippen MR) is 163 cm³/mol. The first-order chi connectivity index (χ1) is 21.7. The molecule has 10 nitrogen and oxygen atoms in total. The summed E-state index contributed by atoms with van der Waals surface area (Å²) in [6, 6.07) is 21.8. The normalized spacial score (nSPS) is 10.1. The van der Waals surface area contributed by atoms with Gasteiger partial charge in [0.2, 0.25) is 13.6 Å². The number of esters is 1. The van der Waals surface area contributed by atoms with Gasteiger partial charge in [-0.25, -0.2) is 4.79 Å². The van der Waals surface area contributed by atoms with Crippen LogP contribution in [0.1, 0.15) is 25.7 Å². The van der Waals surface area contributed by atoms with Crippen molar-refractivity contribution >= 4 is 5.97 Å². The molecule has 3 aromatic rings. The zero-order valence-corrected chi connectivity index (χ0v) is 24.7. The van der Waals surface area contributed by atoms with Gasteiger partial charge in [0.25, 0.3) is 0 Å². The van der Waals surface area contributed by atoms with Gasteiger partial charge in [0.05, 0.1) is 26.4 Å². The molecule has 0 unspecified atom stereocenters. The second-order valence-electron chi connectivity index (χ2n) is 8.95. The molecule has 0 aliphatic carbocycles. The van der Waals surface area contributed by atoms with E-state index in [1.807, 2.05) is 36.4 Å². The quantitative estimate of drug-likeness (QED) is 0.0167. The Hall–Kier alpha value is -5.05. The molecule has 0 N–H and O–H groups in total. The van der Waals surface area contributed by atoms with Crippen molar-refractivity contribution in [3.63, 3.8) is 0 Å². The molecule has 0 saturated heterocycles. The van der Waals surface area contributed by atoms with Crippen molar-refractivity contribution in [2.24, 2.45) is 0 Å². The van der Waals surface area contributed by atoms with E-state index in [-0.39, 0.29) is 13.6 Å². The monoisotopic (exact) mass is 606 g/mol. The molecule has 44 heavy (non-hydrogen) atoms. The summed E-state index contributed by atoms with van der Waals surface area (Å²) >= 11 is 0. The van der Waals surface area contributed by atoms with Crippen LogP contribution in [0.4, 0.5) is 0 Å². The second kappa shape index (κ2) is 20.8. The Morgan fingerprint density at radius 3 is 1.32 bits per heavy atom. The summed E-state index contributed by atoms with van der Waals surface area (Å²) in [6.07, 6.45) is 5.53. The molecule has 0 saturated carbocycles. The van der Waals surface area contributed by atoms with Gasteiger partial charge in [-0.2, -0.15) is 4.89 Å². The van der Waals surface area contributed by atoms with E-state index in [2.05, 4.69) is 18.9 Å². The zero-order valence-electron chi connectivity index (χ0n) is 24.7. The van der Waals surface area contributed by atoms with Crippen molar-refractivity contribution in [2.45, 2.75) is 25.7 Å². The molecular weight excluding hydrogens is 568 g/mol. The molecule has 0 radical (unpaired) electrons. The summed E-state index contributed by atoms with van der Waals surface area (Å²) < 4.78 is 38.9. The molecule has 0 aliphatic heterocycles. The van der Waals surface area contributed by atoms with Crippen molar-refractivity contribution < 1.29 is 47.7 Å². The highest BCUT2D eigenvalue weighted by molar-refractivity contribution is 5.81. The van der Waals surface area contributed by atoms with Crippen LogP contribution in [0.3, 0.4) is 0 Å². The van der Waals surface area contributed by atoms with Crippen LogP contribution in [-0.4, -0.2) is 46.0 Å². The molecule has 3 rings (SSSR count). The fourth-order valence-corrected chi connectivity index (χ4v) is 3.42. The summed E-state index contributed by atoms with van der Waals surface area (Å²) in [4.78, 5) is 20.6. The van der Waals surface area contributed by atoms with Crippen molar-refractivity contribution in [1.29, 1.82) is 0 Å². The van der Waals surface area contributed by atoms with Crippen LogP contribution < -0.4 is 28.4 Å². The molecule has 3 aromatic carbocycles. The van der Waals surface area contributed by atoms with Gasteiger partial charge in [-0.3, -0.25) is 0 Å². The van der Waals surface area contributed by atoms with Gasteiger partial charge in [-0.05, 0) is 98.5 Å². The summed E-state index contributed by atoms with van der Waals surface area (Å²) in [5.41, 5.74) is 2.46. The Bertz CT molecular complexity index is 1270. The second-order valence-corrected chi connectivity index (χ2v) is 8.95. The fraction of sp³-hybridized carbons (Fsp3) is 0.294. The first-order valence-electron chi connectivity index (χ1n) is 14.1. The third kappa shape index (κ3) is 14.2. The SMILES string of the molecule is C=C=COOCCCCOc1ccc(OCOc2ccc(OCOc3ccc(OCCCCOC(=O)C=C)cc3)cc2)cc1. The largest absolute Gasteiger partial charge is 0.494 e.